The van der Waals surface area contributed by atoms with Gasteiger partial charge in [0.1, 0.15) is 5.82 Å². The SMILES string of the molecule is Fc1ccccc1SC1CCOC(c2ccncc2)C1. The van der Waals surface area contributed by atoms with E-state index in [0.717, 1.165) is 29.9 Å². The Balaban J connectivity index is 1.68. The van der Waals surface area contributed by atoms with Crippen LogP contribution in [0.5, 0.6) is 0 Å². The Labute approximate surface area is 122 Å². The van der Waals surface area contributed by atoms with Gasteiger partial charge in [0.05, 0.1) is 6.10 Å². The predicted molar refractivity (Wildman–Crippen MR) is 78.2 cm³/mol. The molecule has 1 aromatic carbocycles. The molecule has 2 aromatic rings. The minimum absolute atomic E-state index is 0.0935. The first kappa shape index (κ1) is 13.6. The molecular formula is C16H16FNOS. The van der Waals surface area contributed by atoms with E-state index >= 15 is 0 Å². The second-order valence-corrected chi connectivity index (χ2v) is 6.18. The molecule has 20 heavy (non-hydrogen) atoms. The van der Waals surface area contributed by atoms with Crippen LogP contribution in [-0.2, 0) is 4.74 Å². The summed E-state index contributed by atoms with van der Waals surface area (Å²) >= 11 is 1.62. The number of rotatable bonds is 3. The van der Waals surface area contributed by atoms with Crippen LogP contribution in [0.1, 0.15) is 24.5 Å². The Morgan fingerprint density at radius 1 is 1.15 bits per heavy atom. The summed E-state index contributed by atoms with van der Waals surface area (Å²) in [5.41, 5.74) is 1.15. The molecule has 104 valence electrons. The molecule has 0 saturated carbocycles. The summed E-state index contributed by atoms with van der Waals surface area (Å²) in [7, 11) is 0. The van der Waals surface area contributed by atoms with Crippen LogP contribution in [0.2, 0.25) is 0 Å². The van der Waals surface area contributed by atoms with Crippen molar-refractivity contribution in [2.24, 2.45) is 0 Å². The van der Waals surface area contributed by atoms with E-state index in [0.29, 0.717) is 5.25 Å². The lowest BCUT2D eigenvalue weighted by Gasteiger charge is -2.29. The second-order valence-electron chi connectivity index (χ2n) is 4.83. The van der Waals surface area contributed by atoms with Crippen molar-refractivity contribution in [3.05, 3.63) is 60.2 Å². The zero-order valence-corrected chi connectivity index (χ0v) is 11.9. The van der Waals surface area contributed by atoms with E-state index in [-0.39, 0.29) is 11.9 Å². The molecule has 0 spiro atoms. The molecule has 2 heterocycles. The standard InChI is InChI=1S/C16H16FNOS/c17-14-3-1-2-4-16(14)20-13-7-10-19-15(11-13)12-5-8-18-9-6-12/h1-6,8-9,13,15H,7,10-11H2. The van der Waals surface area contributed by atoms with Gasteiger partial charge in [0.25, 0.3) is 0 Å². The Hall–Kier alpha value is -1.39. The van der Waals surface area contributed by atoms with Gasteiger partial charge in [0, 0.05) is 29.1 Å². The maximum absolute atomic E-state index is 13.7. The van der Waals surface area contributed by atoms with Crippen LogP contribution in [-0.4, -0.2) is 16.8 Å². The van der Waals surface area contributed by atoms with E-state index in [1.54, 1.807) is 30.2 Å². The normalized spacial score (nSPS) is 22.6. The first-order valence-corrected chi connectivity index (χ1v) is 7.63. The van der Waals surface area contributed by atoms with Crippen LogP contribution >= 0.6 is 11.8 Å². The number of halogens is 1. The van der Waals surface area contributed by atoms with Crippen LogP contribution in [0, 0.1) is 5.82 Å². The largest absolute Gasteiger partial charge is 0.373 e. The number of ether oxygens (including phenoxy) is 1. The van der Waals surface area contributed by atoms with Crippen LogP contribution in [0.15, 0.2) is 53.7 Å². The highest BCUT2D eigenvalue weighted by Crippen LogP contribution is 2.37. The van der Waals surface area contributed by atoms with Crippen molar-refractivity contribution in [1.29, 1.82) is 0 Å². The zero-order chi connectivity index (χ0) is 13.8. The smallest absolute Gasteiger partial charge is 0.136 e. The first-order valence-electron chi connectivity index (χ1n) is 6.75. The number of aromatic nitrogens is 1. The molecule has 0 radical (unpaired) electrons. The van der Waals surface area contributed by atoms with Gasteiger partial charge >= 0.3 is 0 Å². The lowest BCUT2D eigenvalue weighted by molar-refractivity contribution is 0.0178. The lowest BCUT2D eigenvalue weighted by Crippen LogP contribution is -2.21. The number of hydrogen-bond donors (Lipinski definition) is 0. The number of benzene rings is 1. The molecule has 1 saturated heterocycles. The van der Waals surface area contributed by atoms with Crippen molar-refractivity contribution < 1.29 is 9.13 Å². The first-order chi connectivity index (χ1) is 9.83. The predicted octanol–water partition coefficient (Wildman–Crippen LogP) is 4.23. The maximum Gasteiger partial charge on any atom is 0.136 e. The van der Waals surface area contributed by atoms with Gasteiger partial charge in [-0.05, 0) is 42.7 Å². The molecule has 1 aromatic heterocycles. The van der Waals surface area contributed by atoms with Crippen molar-refractivity contribution in [2.75, 3.05) is 6.61 Å². The minimum Gasteiger partial charge on any atom is -0.373 e. The molecule has 0 bridgehead atoms. The lowest BCUT2D eigenvalue weighted by atomic mass is 10.0. The minimum atomic E-state index is -0.135. The number of hydrogen-bond acceptors (Lipinski definition) is 3. The summed E-state index contributed by atoms with van der Waals surface area (Å²) in [5.74, 6) is -0.135. The molecule has 3 rings (SSSR count). The Bertz CT molecular complexity index is 563. The van der Waals surface area contributed by atoms with Crippen molar-refractivity contribution in [2.45, 2.75) is 29.1 Å². The van der Waals surface area contributed by atoms with Crippen LogP contribution in [0.25, 0.3) is 0 Å². The molecule has 2 nitrogen and oxygen atoms in total. The molecule has 2 atom stereocenters. The quantitative estimate of drug-likeness (QED) is 0.844. The molecule has 4 heteroatoms. The van der Waals surface area contributed by atoms with E-state index in [1.807, 2.05) is 24.3 Å². The Morgan fingerprint density at radius 2 is 1.95 bits per heavy atom. The van der Waals surface area contributed by atoms with Crippen molar-refractivity contribution >= 4 is 11.8 Å². The van der Waals surface area contributed by atoms with Crippen LogP contribution < -0.4 is 0 Å². The molecule has 2 unspecified atom stereocenters. The summed E-state index contributed by atoms with van der Waals surface area (Å²) in [5, 5.41) is 0.388. The molecule has 0 amide bonds. The maximum atomic E-state index is 13.7. The highest BCUT2D eigenvalue weighted by molar-refractivity contribution is 8.00. The molecule has 0 aliphatic carbocycles. The highest BCUT2D eigenvalue weighted by atomic mass is 32.2. The molecule has 1 aliphatic heterocycles. The highest BCUT2D eigenvalue weighted by Gasteiger charge is 2.25. The average Bonchev–Trinajstić information content (AvgIpc) is 2.51. The van der Waals surface area contributed by atoms with Gasteiger partial charge in [0.15, 0.2) is 0 Å². The molecule has 1 fully saturated rings. The van der Waals surface area contributed by atoms with Gasteiger partial charge in [-0.1, -0.05) is 12.1 Å². The summed E-state index contributed by atoms with van der Waals surface area (Å²) in [6, 6.07) is 10.9. The topological polar surface area (TPSA) is 22.1 Å². The van der Waals surface area contributed by atoms with Crippen molar-refractivity contribution in [1.82, 2.24) is 4.98 Å². The summed E-state index contributed by atoms with van der Waals surface area (Å²) in [6.45, 7) is 0.721. The van der Waals surface area contributed by atoms with Gasteiger partial charge in [-0.2, -0.15) is 0 Å². The Kier molecular flexibility index (Phi) is 4.33. The Morgan fingerprint density at radius 3 is 2.75 bits per heavy atom. The third-order valence-electron chi connectivity index (χ3n) is 3.44. The van der Waals surface area contributed by atoms with Crippen LogP contribution in [0.3, 0.4) is 0 Å². The monoisotopic (exact) mass is 289 g/mol. The fourth-order valence-corrected chi connectivity index (χ4v) is 3.59. The molecule has 1 aliphatic rings. The average molecular weight is 289 g/mol. The molecular weight excluding hydrogens is 273 g/mol. The molecule has 0 N–H and O–H groups in total. The van der Waals surface area contributed by atoms with E-state index in [4.69, 9.17) is 4.74 Å². The second kappa shape index (κ2) is 6.37. The van der Waals surface area contributed by atoms with E-state index in [9.17, 15) is 4.39 Å². The van der Waals surface area contributed by atoms with E-state index < -0.39 is 0 Å². The van der Waals surface area contributed by atoms with Gasteiger partial charge in [-0.25, -0.2) is 4.39 Å². The van der Waals surface area contributed by atoms with Gasteiger partial charge in [0.2, 0.25) is 0 Å². The third kappa shape index (κ3) is 3.19. The zero-order valence-electron chi connectivity index (χ0n) is 11.0. The summed E-state index contributed by atoms with van der Waals surface area (Å²) < 4.78 is 19.5. The number of pyridine rings is 1. The summed E-state index contributed by atoms with van der Waals surface area (Å²) in [4.78, 5) is 4.76. The third-order valence-corrected chi connectivity index (χ3v) is 4.79. The number of thioether (sulfide) groups is 1. The van der Waals surface area contributed by atoms with E-state index in [2.05, 4.69) is 4.98 Å². The van der Waals surface area contributed by atoms with Gasteiger partial charge in [-0.3, -0.25) is 4.98 Å². The fourth-order valence-electron chi connectivity index (χ4n) is 2.40. The van der Waals surface area contributed by atoms with Gasteiger partial charge < -0.3 is 4.74 Å². The fraction of sp³-hybridized carbons (Fsp3) is 0.312. The van der Waals surface area contributed by atoms with Crippen molar-refractivity contribution in [3.63, 3.8) is 0 Å². The van der Waals surface area contributed by atoms with Crippen molar-refractivity contribution in [3.8, 4) is 0 Å². The summed E-state index contributed by atoms with van der Waals surface area (Å²) in [6.07, 6.45) is 5.53. The van der Waals surface area contributed by atoms with Gasteiger partial charge in [-0.15, -0.1) is 11.8 Å². The van der Waals surface area contributed by atoms with E-state index in [1.165, 1.54) is 6.07 Å². The number of nitrogens with zero attached hydrogens (tertiary/aromatic N) is 1. The van der Waals surface area contributed by atoms with Crippen LogP contribution in [0.4, 0.5) is 4.39 Å².